The maximum Gasteiger partial charge on any atom is 0.258 e. The van der Waals surface area contributed by atoms with Gasteiger partial charge in [-0.3, -0.25) is 19.2 Å². The molecule has 2 unspecified atom stereocenters. The zero-order valence-corrected chi connectivity index (χ0v) is 27.3. The van der Waals surface area contributed by atoms with Crippen molar-refractivity contribution in [3.63, 3.8) is 0 Å². The molecule has 2 amide bonds. The van der Waals surface area contributed by atoms with Crippen LogP contribution in [-0.2, 0) is 19.2 Å². The minimum Gasteiger partial charge on any atom is -0.324 e. The largest absolute Gasteiger partial charge is 0.324 e. The van der Waals surface area contributed by atoms with Gasteiger partial charge in [-0.25, -0.2) is 0 Å². The summed E-state index contributed by atoms with van der Waals surface area (Å²) in [6, 6.07) is 7.07. The zero-order valence-electron chi connectivity index (χ0n) is 25.8. The quantitative estimate of drug-likeness (QED) is 0.113. The van der Waals surface area contributed by atoms with Crippen LogP contribution in [-0.4, -0.2) is 35.5 Å². The average molecular weight is 662 g/mol. The SMILES string of the molecule is C=C/C=C\C(=C/C)NC(=O)C(/N=N\c1ccc(-c2ccc(/N=N\C(C(C)=O)C(=O)NC(/C=C\C)=C/C=C)c(Cl)c2)cc1Cl)C(C)=O. The van der Waals surface area contributed by atoms with Gasteiger partial charge in [0.05, 0.1) is 10.0 Å². The predicted molar refractivity (Wildman–Crippen MR) is 182 cm³/mol. The van der Waals surface area contributed by atoms with E-state index in [1.165, 1.54) is 19.9 Å². The molecule has 0 radical (unpaired) electrons. The Balaban J connectivity index is 2.25. The van der Waals surface area contributed by atoms with E-state index in [2.05, 4.69) is 44.2 Å². The summed E-state index contributed by atoms with van der Waals surface area (Å²) in [7, 11) is 0. The van der Waals surface area contributed by atoms with E-state index in [9.17, 15) is 19.2 Å². The van der Waals surface area contributed by atoms with Crippen LogP contribution in [0.2, 0.25) is 10.0 Å². The Labute approximate surface area is 278 Å². The summed E-state index contributed by atoms with van der Waals surface area (Å²) in [6.45, 7) is 13.2. The van der Waals surface area contributed by atoms with Crippen molar-refractivity contribution >= 4 is 58.0 Å². The van der Waals surface area contributed by atoms with Gasteiger partial charge in [0.1, 0.15) is 11.4 Å². The number of carbonyl (C=O) groups excluding carboxylic acids is 4. The lowest BCUT2D eigenvalue weighted by Gasteiger charge is -2.11. The van der Waals surface area contributed by atoms with Gasteiger partial charge >= 0.3 is 0 Å². The molecule has 2 aromatic rings. The standard InChI is InChI=1S/C34H34Cl2N6O4/c1-7-11-14-25(10-4)37-33(45)31(21(5)43)41-39-29-17-15-23(19-27(29)35)24-16-18-30(28(36)20-24)40-42-32(22(6)44)34(46)38-26(12-8-2)13-9-3/h7-20,31-32H,1-2H2,3-6H3,(H,37,45)(H,38,46)/b13-9-,14-11-,25-10+,26-12+,41-39-,42-40-. The van der Waals surface area contributed by atoms with Gasteiger partial charge in [-0.15, -0.1) is 0 Å². The first-order valence-electron chi connectivity index (χ1n) is 13.9. The lowest BCUT2D eigenvalue weighted by Crippen LogP contribution is -2.36. The number of azo groups is 2. The molecular weight excluding hydrogens is 627 g/mol. The number of rotatable bonds is 15. The zero-order chi connectivity index (χ0) is 34.2. The second kappa shape index (κ2) is 18.7. The molecule has 0 aliphatic heterocycles. The molecule has 2 aromatic carbocycles. The van der Waals surface area contributed by atoms with Crippen LogP contribution in [0.25, 0.3) is 11.1 Å². The summed E-state index contributed by atoms with van der Waals surface area (Å²) in [5, 5.41) is 21.7. The van der Waals surface area contributed by atoms with Crippen molar-refractivity contribution in [2.24, 2.45) is 20.5 Å². The van der Waals surface area contributed by atoms with Crippen molar-refractivity contribution in [1.29, 1.82) is 0 Å². The minimum atomic E-state index is -1.39. The molecule has 0 fully saturated rings. The number of hydrogen-bond donors (Lipinski definition) is 2. The fourth-order valence-corrected chi connectivity index (χ4v) is 4.10. The first-order valence-corrected chi connectivity index (χ1v) is 14.7. The Hall–Kier alpha value is -5.06. The molecule has 46 heavy (non-hydrogen) atoms. The molecule has 0 bridgehead atoms. The molecule has 0 aromatic heterocycles. The van der Waals surface area contributed by atoms with Crippen LogP contribution in [0.1, 0.15) is 27.7 Å². The van der Waals surface area contributed by atoms with Crippen LogP contribution >= 0.6 is 23.2 Å². The maximum absolute atomic E-state index is 12.7. The molecule has 10 nitrogen and oxygen atoms in total. The molecule has 2 N–H and O–H groups in total. The third-order valence-electron chi connectivity index (χ3n) is 5.96. The molecule has 0 spiro atoms. The van der Waals surface area contributed by atoms with E-state index in [1.54, 1.807) is 92.8 Å². The number of ketones is 2. The highest BCUT2D eigenvalue weighted by atomic mass is 35.5. The predicted octanol–water partition coefficient (Wildman–Crippen LogP) is 8.27. The third kappa shape index (κ3) is 11.1. The van der Waals surface area contributed by atoms with Crippen LogP contribution < -0.4 is 10.6 Å². The summed E-state index contributed by atoms with van der Waals surface area (Å²) in [4.78, 5) is 49.7. The lowest BCUT2D eigenvalue weighted by atomic mass is 10.0. The second-order valence-electron chi connectivity index (χ2n) is 9.46. The third-order valence-corrected chi connectivity index (χ3v) is 6.56. The topological polar surface area (TPSA) is 142 Å². The van der Waals surface area contributed by atoms with Crippen LogP contribution in [0, 0.1) is 0 Å². The van der Waals surface area contributed by atoms with Crippen molar-refractivity contribution < 1.29 is 19.2 Å². The normalized spacial score (nSPS) is 13.7. The highest BCUT2D eigenvalue weighted by molar-refractivity contribution is 6.34. The fourth-order valence-electron chi connectivity index (χ4n) is 3.66. The van der Waals surface area contributed by atoms with Gasteiger partial charge < -0.3 is 10.6 Å². The van der Waals surface area contributed by atoms with Gasteiger partial charge in [0.2, 0.25) is 12.1 Å². The molecule has 0 aliphatic rings. The molecule has 2 rings (SSSR count). The van der Waals surface area contributed by atoms with Gasteiger partial charge in [-0.05, 0) is 81.3 Å². The molecule has 0 aliphatic carbocycles. The van der Waals surface area contributed by atoms with Crippen LogP contribution in [0.3, 0.4) is 0 Å². The Morgan fingerprint density at radius 3 is 1.59 bits per heavy atom. The van der Waals surface area contributed by atoms with E-state index in [4.69, 9.17) is 23.2 Å². The Bertz CT molecular complexity index is 1690. The van der Waals surface area contributed by atoms with E-state index in [0.717, 1.165) is 0 Å². The summed E-state index contributed by atoms with van der Waals surface area (Å²) in [5.74, 6) is -2.30. The van der Waals surface area contributed by atoms with Crippen molar-refractivity contribution in [2.45, 2.75) is 39.8 Å². The minimum absolute atomic E-state index is 0.212. The molecule has 12 heteroatoms. The highest BCUT2D eigenvalue weighted by Gasteiger charge is 2.24. The first-order chi connectivity index (χ1) is 21.9. The number of benzene rings is 2. The van der Waals surface area contributed by atoms with Crippen LogP contribution in [0.5, 0.6) is 0 Å². The molecule has 0 saturated heterocycles. The van der Waals surface area contributed by atoms with Gasteiger partial charge in [0.15, 0.2) is 11.6 Å². The fraction of sp³-hybridized carbons (Fsp3) is 0.176. The van der Waals surface area contributed by atoms with Crippen LogP contribution in [0.4, 0.5) is 11.4 Å². The van der Waals surface area contributed by atoms with Gasteiger partial charge in [-0.2, -0.15) is 20.5 Å². The van der Waals surface area contributed by atoms with Crippen molar-refractivity contribution in [3.05, 3.63) is 120 Å². The summed E-state index contributed by atoms with van der Waals surface area (Å²) in [6.07, 6.45) is 12.9. The molecule has 238 valence electrons. The van der Waals surface area contributed by atoms with E-state index >= 15 is 0 Å². The number of nitrogens with zero attached hydrogens (tertiary/aromatic N) is 4. The Morgan fingerprint density at radius 2 is 1.22 bits per heavy atom. The summed E-state index contributed by atoms with van der Waals surface area (Å²) in [5.41, 5.74) is 2.75. The molecule has 0 saturated carbocycles. The second-order valence-corrected chi connectivity index (χ2v) is 10.3. The Kier molecular flexibility index (Phi) is 15.1. The van der Waals surface area contributed by atoms with E-state index in [-0.39, 0.29) is 21.4 Å². The van der Waals surface area contributed by atoms with Crippen LogP contribution in [0.15, 0.2) is 130 Å². The maximum atomic E-state index is 12.7. The van der Waals surface area contributed by atoms with Gasteiger partial charge in [0.25, 0.3) is 11.8 Å². The average Bonchev–Trinajstić information content (AvgIpc) is 3.00. The number of allylic oxidation sites excluding steroid dienone is 8. The molecule has 2 atom stereocenters. The summed E-state index contributed by atoms with van der Waals surface area (Å²) < 4.78 is 0. The number of halogens is 2. The molecule has 0 heterocycles. The number of carbonyl (C=O) groups is 4. The number of hydrogen-bond acceptors (Lipinski definition) is 8. The van der Waals surface area contributed by atoms with Crippen molar-refractivity contribution in [3.8, 4) is 11.1 Å². The van der Waals surface area contributed by atoms with Crippen molar-refractivity contribution in [1.82, 2.24) is 10.6 Å². The molecular formula is C34H34Cl2N6O4. The summed E-state index contributed by atoms with van der Waals surface area (Å²) >= 11 is 12.9. The van der Waals surface area contributed by atoms with Gasteiger partial charge in [0, 0.05) is 11.4 Å². The van der Waals surface area contributed by atoms with E-state index < -0.39 is 35.5 Å². The first kappa shape index (κ1) is 37.1. The monoisotopic (exact) mass is 660 g/mol. The number of amides is 2. The lowest BCUT2D eigenvalue weighted by molar-refractivity contribution is -0.130. The van der Waals surface area contributed by atoms with Gasteiger partial charge in [-0.1, -0.05) is 78.9 Å². The number of Topliss-reactive ketones (excluding diaryl/α,β-unsaturated/α-hetero) is 2. The Morgan fingerprint density at radius 1 is 0.739 bits per heavy atom. The number of nitrogens with one attached hydrogen (secondary N) is 2. The smallest absolute Gasteiger partial charge is 0.258 e. The van der Waals surface area contributed by atoms with E-state index in [0.29, 0.717) is 22.5 Å². The highest BCUT2D eigenvalue weighted by Crippen LogP contribution is 2.35. The van der Waals surface area contributed by atoms with Crippen molar-refractivity contribution in [2.75, 3.05) is 0 Å². The van der Waals surface area contributed by atoms with E-state index in [1.807, 2.05) is 0 Å².